The fourth-order valence-corrected chi connectivity index (χ4v) is 2.16. The lowest BCUT2D eigenvalue weighted by molar-refractivity contribution is -0.137. The lowest BCUT2D eigenvalue weighted by Crippen LogP contribution is -2.52. The SMILES string of the molecule is CN1CC(=O)N(c2ccc(C(N)CC(=O)O)cc2)CC1=O. The Labute approximate surface area is 121 Å². The Morgan fingerprint density at radius 2 is 1.86 bits per heavy atom. The lowest BCUT2D eigenvalue weighted by atomic mass is 10.0. The first-order chi connectivity index (χ1) is 9.88. The quantitative estimate of drug-likeness (QED) is 0.810. The number of hydrogen-bond donors (Lipinski definition) is 2. The summed E-state index contributed by atoms with van der Waals surface area (Å²) >= 11 is 0. The Morgan fingerprint density at radius 1 is 1.24 bits per heavy atom. The molecule has 1 heterocycles. The zero-order valence-corrected chi connectivity index (χ0v) is 11.7. The maximum absolute atomic E-state index is 11.9. The van der Waals surface area contributed by atoms with Crippen LogP contribution in [0.2, 0.25) is 0 Å². The van der Waals surface area contributed by atoms with Crippen LogP contribution < -0.4 is 10.6 Å². The van der Waals surface area contributed by atoms with Gasteiger partial charge in [0.05, 0.1) is 13.0 Å². The van der Waals surface area contributed by atoms with Crippen LogP contribution in [0.25, 0.3) is 0 Å². The molecule has 1 atom stereocenters. The molecule has 0 saturated carbocycles. The van der Waals surface area contributed by atoms with Gasteiger partial charge in [0.15, 0.2) is 0 Å². The predicted molar refractivity (Wildman–Crippen MR) is 75.6 cm³/mol. The topological polar surface area (TPSA) is 104 Å². The number of carbonyl (C=O) groups is 3. The average molecular weight is 291 g/mol. The van der Waals surface area contributed by atoms with E-state index in [0.717, 1.165) is 0 Å². The second kappa shape index (κ2) is 5.92. The lowest BCUT2D eigenvalue weighted by Gasteiger charge is -2.31. The van der Waals surface area contributed by atoms with E-state index in [1.54, 1.807) is 31.3 Å². The molecule has 112 valence electrons. The van der Waals surface area contributed by atoms with Crippen molar-refractivity contribution in [2.45, 2.75) is 12.5 Å². The molecular formula is C14H17N3O4. The Kier molecular flexibility index (Phi) is 4.23. The Balaban J connectivity index is 2.13. The van der Waals surface area contributed by atoms with Crippen LogP contribution in [0.3, 0.4) is 0 Å². The van der Waals surface area contributed by atoms with Crippen LogP contribution >= 0.6 is 0 Å². The molecule has 21 heavy (non-hydrogen) atoms. The number of amides is 2. The summed E-state index contributed by atoms with van der Waals surface area (Å²) in [6.45, 7) is 0.0645. The zero-order valence-electron chi connectivity index (χ0n) is 11.7. The molecule has 2 rings (SSSR count). The molecular weight excluding hydrogens is 274 g/mol. The molecule has 7 heteroatoms. The normalized spacial score (nSPS) is 17.0. The van der Waals surface area contributed by atoms with Crippen LogP contribution in [0.1, 0.15) is 18.0 Å². The minimum atomic E-state index is -0.966. The van der Waals surface area contributed by atoms with E-state index in [2.05, 4.69) is 0 Å². The molecule has 1 aromatic carbocycles. The van der Waals surface area contributed by atoms with Crippen molar-refractivity contribution in [3.8, 4) is 0 Å². The molecule has 1 unspecified atom stereocenters. The van der Waals surface area contributed by atoms with Gasteiger partial charge in [0, 0.05) is 18.8 Å². The number of nitrogens with two attached hydrogens (primary N) is 1. The van der Waals surface area contributed by atoms with Crippen molar-refractivity contribution < 1.29 is 19.5 Å². The van der Waals surface area contributed by atoms with Crippen LogP contribution in [0.5, 0.6) is 0 Å². The molecule has 1 fully saturated rings. The number of carbonyl (C=O) groups excluding carboxylic acids is 2. The summed E-state index contributed by atoms with van der Waals surface area (Å²) in [6.07, 6.45) is -0.161. The highest BCUT2D eigenvalue weighted by Crippen LogP contribution is 2.21. The molecule has 1 saturated heterocycles. The number of piperazine rings is 1. The van der Waals surface area contributed by atoms with Gasteiger partial charge in [-0.05, 0) is 17.7 Å². The first-order valence-corrected chi connectivity index (χ1v) is 6.50. The van der Waals surface area contributed by atoms with Crippen LogP contribution in [0, 0.1) is 0 Å². The van der Waals surface area contributed by atoms with Gasteiger partial charge in [0.2, 0.25) is 11.8 Å². The van der Waals surface area contributed by atoms with E-state index in [4.69, 9.17) is 10.8 Å². The van der Waals surface area contributed by atoms with Gasteiger partial charge in [-0.25, -0.2) is 0 Å². The van der Waals surface area contributed by atoms with E-state index in [9.17, 15) is 14.4 Å². The second-order valence-corrected chi connectivity index (χ2v) is 5.03. The van der Waals surface area contributed by atoms with Crippen LogP contribution in [-0.2, 0) is 14.4 Å². The highest BCUT2D eigenvalue weighted by Gasteiger charge is 2.28. The average Bonchev–Trinajstić information content (AvgIpc) is 2.42. The van der Waals surface area contributed by atoms with Crippen molar-refractivity contribution in [2.24, 2.45) is 5.73 Å². The van der Waals surface area contributed by atoms with E-state index >= 15 is 0 Å². The van der Waals surface area contributed by atoms with Crippen molar-refractivity contribution in [1.82, 2.24) is 4.90 Å². The minimum absolute atomic E-state index is 0.00978. The number of anilines is 1. The molecule has 3 N–H and O–H groups in total. The Hall–Kier alpha value is -2.41. The highest BCUT2D eigenvalue weighted by atomic mass is 16.4. The van der Waals surface area contributed by atoms with Crippen molar-refractivity contribution in [3.05, 3.63) is 29.8 Å². The second-order valence-electron chi connectivity index (χ2n) is 5.03. The van der Waals surface area contributed by atoms with Crippen LogP contribution in [0.4, 0.5) is 5.69 Å². The van der Waals surface area contributed by atoms with E-state index in [1.807, 2.05) is 0 Å². The van der Waals surface area contributed by atoms with Crippen molar-refractivity contribution in [2.75, 3.05) is 25.0 Å². The van der Waals surface area contributed by atoms with Gasteiger partial charge < -0.3 is 20.6 Å². The summed E-state index contributed by atoms with van der Waals surface area (Å²) in [6, 6.07) is 6.11. The third-order valence-corrected chi connectivity index (χ3v) is 3.42. The number of carboxylic acid groups (broad SMARTS) is 1. The summed E-state index contributed by atoms with van der Waals surface area (Å²) in [7, 11) is 1.59. The van der Waals surface area contributed by atoms with Gasteiger partial charge in [0.1, 0.15) is 6.54 Å². The Bertz CT molecular complexity index is 570. The van der Waals surface area contributed by atoms with Gasteiger partial charge in [-0.1, -0.05) is 12.1 Å². The van der Waals surface area contributed by atoms with Crippen molar-refractivity contribution >= 4 is 23.5 Å². The van der Waals surface area contributed by atoms with Gasteiger partial charge >= 0.3 is 5.97 Å². The number of rotatable bonds is 4. The number of likely N-dealkylation sites (N-methyl/N-ethyl adjacent to an activating group) is 1. The summed E-state index contributed by atoms with van der Waals surface area (Å²) in [5.41, 5.74) is 7.05. The summed E-state index contributed by atoms with van der Waals surface area (Å²) in [5, 5.41) is 8.72. The largest absolute Gasteiger partial charge is 0.481 e. The molecule has 7 nitrogen and oxygen atoms in total. The fourth-order valence-electron chi connectivity index (χ4n) is 2.16. The number of aliphatic carboxylic acids is 1. The molecule has 1 aliphatic heterocycles. The van der Waals surface area contributed by atoms with Crippen LogP contribution in [-0.4, -0.2) is 47.9 Å². The van der Waals surface area contributed by atoms with Gasteiger partial charge in [0.25, 0.3) is 0 Å². The monoisotopic (exact) mass is 291 g/mol. The van der Waals surface area contributed by atoms with E-state index < -0.39 is 12.0 Å². The third-order valence-electron chi connectivity index (χ3n) is 3.42. The van der Waals surface area contributed by atoms with Gasteiger partial charge in [-0.2, -0.15) is 0 Å². The first-order valence-electron chi connectivity index (χ1n) is 6.50. The van der Waals surface area contributed by atoms with E-state index in [0.29, 0.717) is 11.3 Å². The predicted octanol–water partition coefficient (Wildman–Crippen LogP) is -0.0339. The molecule has 0 aliphatic carbocycles. The molecule has 2 amide bonds. The van der Waals surface area contributed by atoms with Crippen molar-refractivity contribution in [3.63, 3.8) is 0 Å². The third kappa shape index (κ3) is 3.38. The smallest absolute Gasteiger partial charge is 0.305 e. The van der Waals surface area contributed by atoms with Gasteiger partial charge in [-0.15, -0.1) is 0 Å². The molecule has 0 radical (unpaired) electrons. The molecule has 0 spiro atoms. The standard InChI is InChI=1S/C14H17N3O4/c1-16-7-13(19)17(8-12(16)18)10-4-2-9(3-5-10)11(15)6-14(20)21/h2-5,11H,6-8,15H2,1H3,(H,20,21). The van der Waals surface area contributed by atoms with Crippen molar-refractivity contribution in [1.29, 1.82) is 0 Å². The molecule has 1 aromatic rings. The maximum Gasteiger partial charge on any atom is 0.305 e. The molecule has 0 aromatic heterocycles. The fraction of sp³-hybridized carbons (Fsp3) is 0.357. The highest BCUT2D eigenvalue weighted by molar-refractivity contribution is 6.04. The number of carboxylic acids is 1. The summed E-state index contributed by atoms with van der Waals surface area (Å²) in [5.74, 6) is -1.24. The van der Waals surface area contributed by atoms with Gasteiger partial charge in [-0.3, -0.25) is 14.4 Å². The number of benzene rings is 1. The first kappa shape index (κ1) is 15.0. The maximum atomic E-state index is 11.9. The zero-order chi connectivity index (χ0) is 15.6. The Morgan fingerprint density at radius 3 is 2.43 bits per heavy atom. The van der Waals surface area contributed by atoms with E-state index in [1.165, 1.54) is 9.80 Å². The van der Waals surface area contributed by atoms with Crippen LogP contribution in [0.15, 0.2) is 24.3 Å². The molecule has 0 bridgehead atoms. The number of nitrogens with zero attached hydrogens (tertiary/aromatic N) is 2. The summed E-state index contributed by atoms with van der Waals surface area (Å²) < 4.78 is 0. The molecule has 1 aliphatic rings. The minimum Gasteiger partial charge on any atom is -0.481 e. The number of hydrogen-bond acceptors (Lipinski definition) is 4. The summed E-state index contributed by atoms with van der Waals surface area (Å²) in [4.78, 5) is 37.0. The van der Waals surface area contributed by atoms with E-state index in [-0.39, 0.29) is 31.3 Å².